The highest BCUT2D eigenvalue weighted by Gasteiger charge is 2.08. The Balaban J connectivity index is 3.23. The third-order valence-electron chi connectivity index (χ3n) is 2.07. The van der Waals surface area contributed by atoms with E-state index in [2.05, 4.69) is 0 Å². The first-order chi connectivity index (χ1) is 6.52. The second-order valence-corrected chi connectivity index (χ2v) is 3.74. The van der Waals surface area contributed by atoms with Crippen LogP contribution in [0.3, 0.4) is 0 Å². The van der Waals surface area contributed by atoms with E-state index in [-0.39, 0.29) is 12.5 Å². The van der Waals surface area contributed by atoms with Gasteiger partial charge in [-0.3, -0.25) is 4.79 Å². The quantitative estimate of drug-likeness (QED) is 0.518. The molecule has 3 N–H and O–H groups in total. The minimum absolute atomic E-state index is 0.170. The van der Waals surface area contributed by atoms with E-state index in [1.165, 1.54) is 0 Å². The molecular formula is C10H20O4. The number of carboxylic acids is 1. The van der Waals surface area contributed by atoms with Gasteiger partial charge in [-0.25, -0.2) is 0 Å². The van der Waals surface area contributed by atoms with E-state index in [0.717, 1.165) is 25.7 Å². The van der Waals surface area contributed by atoms with Crippen molar-refractivity contribution in [1.82, 2.24) is 0 Å². The van der Waals surface area contributed by atoms with Gasteiger partial charge in [-0.1, -0.05) is 19.3 Å². The lowest BCUT2D eigenvalue weighted by Gasteiger charge is -2.07. The van der Waals surface area contributed by atoms with Gasteiger partial charge in [-0.15, -0.1) is 0 Å². The molecule has 0 saturated carbocycles. The summed E-state index contributed by atoms with van der Waals surface area (Å²) in [5, 5.41) is 26.5. The van der Waals surface area contributed by atoms with Crippen LogP contribution >= 0.6 is 0 Å². The summed E-state index contributed by atoms with van der Waals surface area (Å²) in [5.41, 5.74) is 0. The molecule has 0 fully saturated rings. The van der Waals surface area contributed by atoms with E-state index in [9.17, 15) is 9.90 Å². The van der Waals surface area contributed by atoms with Crippen molar-refractivity contribution in [3.8, 4) is 0 Å². The molecule has 2 atom stereocenters. The molecule has 0 saturated heterocycles. The van der Waals surface area contributed by atoms with Gasteiger partial charge in [0.25, 0.3) is 0 Å². The maximum atomic E-state index is 10.2. The molecule has 4 nitrogen and oxygen atoms in total. The maximum absolute atomic E-state index is 10.2. The highest BCUT2D eigenvalue weighted by Crippen LogP contribution is 2.09. The van der Waals surface area contributed by atoms with E-state index >= 15 is 0 Å². The molecule has 4 heteroatoms. The van der Waals surface area contributed by atoms with Gasteiger partial charge in [-0.2, -0.15) is 0 Å². The summed E-state index contributed by atoms with van der Waals surface area (Å²) in [5.74, 6) is -0.957. The predicted octanol–water partition coefficient (Wildman–Crippen LogP) is 1.15. The van der Waals surface area contributed by atoms with E-state index in [1.54, 1.807) is 6.92 Å². The number of aliphatic hydroxyl groups excluding tert-OH is 2. The van der Waals surface area contributed by atoms with Crippen LogP contribution in [0.25, 0.3) is 0 Å². The van der Waals surface area contributed by atoms with Crippen molar-refractivity contribution in [2.24, 2.45) is 0 Å². The van der Waals surface area contributed by atoms with Crippen molar-refractivity contribution in [1.29, 1.82) is 0 Å². The Morgan fingerprint density at radius 2 is 1.71 bits per heavy atom. The van der Waals surface area contributed by atoms with Gasteiger partial charge in [0.05, 0.1) is 18.6 Å². The van der Waals surface area contributed by atoms with Crippen LogP contribution in [-0.4, -0.2) is 33.5 Å². The molecular weight excluding hydrogens is 184 g/mol. The molecule has 0 heterocycles. The van der Waals surface area contributed by atoms with Gasteiger partial charge < -0.3 is 15.3 Å². The van der Waals surface area contributed by atoms with Gasteiger partial charge in [0.2, 0.25) is 0 Å². The number of unbranched alkanes of at least 4 members (excludes halogenated alkanes) is 2. The lowest BCUT2D eigenvalue weighted by molar-refractivity contribution is -0.139. The number of aliphatic carboxylic acids is 1. The largest absolute Gasteiger partial charge is 0.481 e. The van der Waals surface area contributed by atoms with Crippen molar-refractivity contribution in [2.45, 2.75) is 57.7 Å². The minimum atomic E-state index is -0.957. The van der Waals surface area contributed by atoms with Crippen molar-refractivity contribution in [3.05, 3.63) is 0 Å². The van der Waals surface area contributed by atoms with Crippen LogP contribution in [0.2, 0.25) is 0 Å². The fourth-order valence-corrected chi connectivity index (χ4v) is 1.30. The van der Waals surface area contributed by atoms with Gasteiger partial charge in [0, 0.05) is 0 Å². The van der Waals surface area contributed by atoms with Gasteiger partial charge in [-0.05, 0) is 19.8 Å². The maximum Gasteiger partial charge on any atom is 0.305 e. The summed E-state index contributed by atoms with van der Waals surface area (Å²) >= 11 is 0. The second kappa shape index (κ2) is 7.76. The summed E-state index contributed by atoms with van der Waals surface area (Å²) < 4.78 is 0. The molecule has 0 unspecified atom stereocenters. The molecule has 0 rings (SSSR count). The molecule has 14 heavy (non-hydrogen) atoms. The number of hydrogen-bond donors (Lipinski definition) is 3. The standard InChI is InChI=1S/C10H20O4/c1-8(11)5-3-2-4-6-9(12)7-10(13)14/h8-9,11-12H,2-7H2,1H3,(H,13,14)/t8-,9-/m1/s1. The zero-order valence-electron chi connectivity index (χ0n) is 8.65. The van der Waals surface area contributed by atoms with Crippen LogP contribution in [0.15, 0.2) is 0 Å². The molecule has 0 aliphatic heterocycles. The monoisotopic (exact) mass is 204 g/mol. The Hall–Kier alpha value is -0.610. The Morgan fingerprint density at radius 3 is 2.21 bits per heavy atom. The van der Waals surface area contributed by atoms with Gasteiger partial charge >= 0.3 is 5.97 Å². The average Bonchev–Trinajstić information content (AvgIpc) is 2.01. The van der Waals surface area contributed by atoms with Crippen LogP contribution in [-0.2, 0) is 4.79 Å². The number of rotatable bonds is 8. The molecule has 0 aromatic rings. The Bertz CT molecular complexity index is 156. The Kier molecular flexibility index (Phi) is 7.42. The van der Waals surface area contributed by atoms with Crippen molar-refractivity contribution >= 4 is 5.97 Å². The SMILES string of the molecule is C[C@@H](O)CCCCC[C@@H](O)CC(=O)O. The lowest BCUT2D eigenvalue weighted by atomic mass is 10.1. The first-order valence-corrected chi connectivity index (χ1v) is 5.10. The average molecular weight is 204 g/mol. The van der Waals surface area contributed by atoms with Crippen LogP contribution in [0.5, 0.6) is 0 Å². The molecule has 0 aromatic heterocycles. The highest BCUT2D eigenvalue weighted by molar-refractivity contribution is 5.67. The summed E-state index contributed by atoms with van der Waals surface area (Å²) in [6.07, 6.45) is 2.83. The van der Waals surface area contributed by atoms with Gasteiger partial charge in [0.15, 0.2) is 0 Å². The first-order valence-electron chi connectivity index (χ1n) is 5.10. The topological polar surface area (TPSA) is 77.8 Å². The molecule has 0 spiro atoms. The van der Waals surface area contributed by atoms with E-state index in [4.69, 9.17) is 10.2 Å². The van der Waals surface area contributed by atoms with Gasteiger partial charge in [0.1, 0.15) is 0 Å². The van der Waals surface area contributed by atoms with E-state index in [1.807, 2.05) is 0 Å². The fraction of sp³-hybridized carbons (Fsp3) is 0.900. The minimum Gasteiger partial charge on any atom is -0.481 e. The van der Waals surface area contributed by atoms with Crippen molar-refractivity contribution in [3.63, 3.8) is 0 Å². The van der Waals surface area contributed by atoms with Crippen molar-refractivity contribution in [2.75, 3.05) is 0 Å². The van der Waals surface area contributed by atoms with Crippen LogP contribution in [0.1, 0.15) is 45.4 Å². The number of hydrogen-bond acceptors (Lipinski definition) is 3. The summed E-state index contributed by atoms with van der Waals surface area (Å²) in [7, 11) is 0. The fourth-order valence-electron chi connectivity index (χ4n) is 1.30. The third-order valence-corrected chi connectivity index (χ3v) is 2.07. The predicted molar refractivity (Wildman–Crippen MR) is 53.0 cm³/mol. The lowest BCUT2D eigenvalue weighted by Crippen LogP contribution is -2.12. The number of carbonyl (C=O) groups is 1. The number of aliphatic hydroxyl groups is 2. The van der Waals surface area contributed by atoms with E-state index < -0.39 is 12.1 Å². The summed E-state index contributed by atoms with van der Waals surface area (Å²) in [6, 6.07) is 0. The molecule has 84 valence electrons. The zero-order chi connectivity index (χ0) is 11.0. The zero-order valence-corrected chi connectivity index (χ0v) is 8.65. The molecule has 0 amide bonds. The molecule has 0 bridgehead atoms. The van der Waals surface area contributed by atoms with E-state index in [0.29, 0.717) is 6.42 Å². The molecule has 0 aliphatic rings. The van der Waals surface area contributed by atoms with Crippen LogP contribution in [0, 0.1) is 0 Å². The normalized spacial score (nSPS) is 15.1. The second-order valence-electron chi connectivity index (χ2n) is 3.74. The van der Waals surface area contributed by atoms with Crippen molar-refractivity contribution < 1.29 is 20.1 Å². The highest BCUT2D eigenvalue weighted by atomic mass is 16.4. The smallest absolute Gasteiger partial charge is 0.305 e. The Labute approximate surface area is 84.6 Å². The van der Waals surface area contributed by atoms with Crippen LogP contribution < -0.4 is 0 Å². The number of carboxylic acid groups (broad SMARTS) is 1. The summed E-state index contributed by atoms with van der Waals surface area (Å²) in [6.45, 7) is 1.75. The molecule has 0 aliphatic carbocycles. The van der Waals surface area contributed by atoms with Crippen LogP contribution in [0.4, 0.5) is 0 Å². The molecule has 0 radical (unpaired) electrons. The Morgan fingerprint density at radius 1 is 1.14 bits per heavy atom. The molecule has 0 aromatic carbocycles. The first kappa shape index (κ1) is 13.4. The third kappa shape index (κ3) is 9.48. The summed E-state index contributed by atoms with van der Waals surface area (Å²) in [4.78, 5) is 10.2.